The summed E-state index contributed by atoms with van der Waals surface area (Å²) in [6, 6.07) is 11.3. The maximum atomic E-state index is 12.9. The quantitative estimate of drug-likeness (QED) is 0.537. The topological polar surface area (TPSA) is 93.7 Å². The summed E-state index contributed by atoms with van der Waals surface area (Å²) < 4.78 is 23.3. The molecule has 0 radical (unpaired) electrons. The Hall–Kier alpha value is -3.68. The van der Waals surface area contributed by atoms with Gasteiger partial charge in [-0.25, -0.2) is 14.0 Å². The Morgan fingerprint density at radius 2 is 1.86 bits per heavy atom. The SMILES string of the molecule is C=CCNC(=O)NC(=O)COC(=O)c1cccc(OCc2ccc(F)cc2)c1. The molecule has 0 unspecified atom stereocenters. The molecule has 28 heavy (non-hydrogen) atoms. The van der Waals surface area contributed by atoms with Crippen molar-refractivity contribution in [2.45, 2.75) is 6.61 Å². The molecule has 0 fully saturated rings. The minimum Gasteiger partial charge on any atom is -0.489 e. The van der Waals surface area contributed by atoms with Gasteiger partial charge in [0.25, 0.3) is 5.91 Å². The first-order valence-corrected chi connectivity index (χ1v) is 8.31. The van der Waals surface area contributed by atoms with Gasteiger partial charge in [-0.2, -0.15) is 0 Å². The third-order valence-electron chi connectivity index (χ3n) is 3.38. The number of benzene rings is 2. The van der Waals surface area contributed by atoms with Gasteiger partial charge in [0.1, 0.15) is 18.2 Å². The van der Waals surface area contributed by atoms with Gasteiger partial charge in [0.2, 0.25) is 0 Å². The van der Waals surface area contributed by atoms with Crippen molar-refractivity contribution in [2.24, 2.45) is 0 Å². The van der Waals surface area contributed by atoms with Crippen LogP contribution in [0.15, 0.2) is 61.2 Å². The number of nitrogens with one attached hydrogen (secondary N) is 2. The number of hydrogen-bond acceptors (Lipinski definition) is 5. The van der Waals surface area contributed by atoms with E-state index in [0.29, 0.717) is 5.75 Å². The van der Waals surface area contributed by atoms with E-state index in [2.05, 4.69) is 11.9 Å². The van der Waals surface area contributed by atoms with Gasteiger partial charge in [0.15, 0.2) is 6.61 Å². The minimum atomic E-state index is -0.765. The summed E-state index contributed by atoms with van der Waals surface area (Å²) in [4.78, 5) is 34.9. The van der Waals surface area contributed by atoms with Crippen molar-refractivity contribution in [2.75, 3.05) is 13.2 Å². The van der Waals surface area contributed by atoms with Crippen LogP contribution >= 0.6 is 0 Å². The lowest BCUT2D eigenvalue weighted by molar-refractivity contribution is -0.123. The molecule has 8 heteroatoms. The smallest absolute Gasteiger partial charge is 0.338 e. The number of halogens is 1. The first-order valence-electron chi connectivity index (χ1n) is 8.31. The third kappa shape index (κ3) is 6.91. The molecule has 2 rings (SSSR count). The fraction of sp³-hybridized carbons (Fsp3) is 0.150. The highest BCUT2D eigenvalue weighted by Gasteiger charge is 2.13. The Morgan fingerprint density at radius 3 is 2.57 bits per heavy atom. The molecular weight excluding hydrogens is 367 g/mol. The van der Waals surface area contributed by atoms with Gasteiger partial charge >= 0.3 is 12.0 Å². The Labute approximate surface area is 161 Å². The second kappa shape index (κ2) is 10.5. The summed E-state index contributed by atoms with van der Waals surface area (Å²) in [5.41, 5.74) is 0.946. The zero-order valence-corrected chi connectivity index (χ0v) is 14.9. The first kappa shape index (κ1) is 20.6. The molecule has 2 N–H and O–H groups in total. The third-order valence-corrected chi connectivity index (χ3v) is 3.38. The van der Waals surface area contributed by atoms with Gasteiger partial charge in [-0.05, 0) is 35.9 Å². The van der Waals surface area contributed by atoms with Crippen LogP contribution in [0.3, 0.4) is 0 Å². The molecular formula is C20H19FN2O5. The molecule has 7 nitrogen and oxygen atoms in total. The van der Waals surface area contributed by atoms with Crippen LogP contribution in [-0.4, -0.2) is 31.1 Å². The number of rotatable bonds is 8. The molecule has 0 saturated heterocycles. The summed E-state index contributed by atoms with van der Waals surface area (Å²) in [7, 11) is 0. The molecule has 0 aliphatic heterocycles. The lowest BCUT2D eigenvalue weighted by Gasteiger charge is -2.09. The van der Waals surface area contributed by atoms with Crippen LogP contribution in [0.25, 0.3) is 0 Å². The van der Waals surface area contributed by atoms with Crippen molar-refractivity contribution in [1.29, 1.82) is 0 Å². The van der Waals surface area contributed by atoms with E-state index in [0.717, 1.165) is 5.56 Å². The Morgan fingerprint density at radius 1 is 1.11 bits per heavy atom. The predicted octanol–water partition coefficient (Wildman–Crippen LogP) is 2.57. The summed E-state index contributed by atoms with van der Waals surface area (Å²) >= 11 is 0. The standard InChI is InChI=1S/C20H19FN2O5/c1-2-10-22-20(26)23-18(24)13-28-19(25)15-4-3-5-17(11-15)27-12-14-6-8-16(21)9-7-14/h2-9,11H,1,10,12-13H2,(H2,22,23,24,26). The molecule has 146 valence electrons. The monoisotopic (exact) mass is 386 g/mol. The zero-order valence-electron chi connectivity index (χ0n) is 14.9. The minimum absolute atomic E-state index is 0.181. The lowest BCUT2D eigenvalue weighted by Crippen LogP contribution is -2.41. The van der Waals surface area contributed by atoms with Crippen LogP contribution in [0.1, 0.15) is 15.9 Å². The second-order valence-electron chi connectivity index (χ2n) is 5.57. The summed E-state index contributed by atoms with van der Waals surface area (Å²) in [5, 5.41) is 4.36. The van der Waals surface area contributed by atoms with E-state index in [1.807, 2.05) is 5.32 Å². The van der Waals surface area contributed by atoms with Crippen molar-refractivity contribution >= 4 is 17.9 Å². The maximum absolute atomic E-state index is 12.9. The van der Waals surface area contributed by atoms with Crippen LogP contribution in [0, 0.1) is 5.82 Å². The highest BCUT2D eigenvalue weighted by molar-refractivity contribution is 5.97. The van der Waals surface area contributed by atoms with Crippen LogP contribution in [0.2, 0.25) is 0 Å². The first-order chi connectivity index (χ1) is 13.5. The molecule has 0 spiro atoms. The molecule has 2 aromatic rings. The fourth-order valence-electron chi connectivity index (χ4n) is 2.05. The van der Waals surface area contributed by atoms with E-state index >= 15 is 0 Å². The average molecular weight is 386 g/mol. The van der Waals surface area contributed by atoms with Crippen LogP contribution in [0.4, 0.5) is 9.18 Å². The number of ether oxygens (including phenoxy) is 2. The van der Waals surface area contributed by atoms with E-state index in [1.165, 1.54) is 30.3 Å². The van der Waals surface area contributed by atoms with Crippen molar-refractivity contribution in [3.8, 4) is 5.75 Å². The van der Waals surface area contributed by atoms with Gasteiger partial charge in [-0.1, -0.05) is 24.3 Å². The second-order valence-corrected chi connectivity index (χ2v) is 5.57. The van der Waals surface area contributed by atoms with Gasteiger partial charge < -0.3 is 14.8 Å². The summed E-state index contributed by atoms with van der Waals surface area (Å²) in [6.07, 6.45) is 1.45. The predicted molar refractivity (Wildman–Crippen MR) is 99.2 cm³/mol. The number of urea groups is 1. The van der Waals surface area contributed by atoms with E-state index in [9.17, 15) is 18.8 Å². The van der Waals surface area contributed by atoms with Crippen molar-refractivity contribution in [3.63, 3.8) is 0 Å². The van der Waals surface area contributed by atoms with Gasteiger partial charge in [-0.15, -0.1) is 6.58 Å². The highest BCUT2D eigenvalue weighted by atomic mass is 19.1. The number of imide groups is 1. The van der Waals surface area contributed by atoms with E-state index < -0.39 is 24.5 Å². The van der Waals surface area contributed by atoms with Crippen LogP contribution in [0.5, 0.6) is 5.75 Å². The largest absolute Gasteiger partial charge is 0.489 e. The fourth-order valence-corrected chi connectivity index (χ4v) is 2.05. The van der Waals surface area contributed by atoms with Gasteiger partial charge in [-0.3, -0.25) is 10.1 Å². The normalized spacial score (nSPS) is 9.89. The number of esters is 1. The highest BCUT2D eigenvalue weighted by Crippen LogP contribution is 2.16. The Kier molecular flexibility index (Phi) is 7.71. The number of carbonyl (C=O) groups is 3. The van der Waals surface area contributed by atoms with Crippen molar-refractivity contribution in [3.05, 3.63) is 78.1 Å². The number of carbonyl (C=O) groups excluding carboxylic acids is 3. The molecule has 0 aliphatic carbocycles. The lowest BCUT2D eigenvalue weighted by atomic mass is 10.2. The van der Waals surface area contributed by atoms with Crippen LogP contribution in [-0.2, 0) is 16.1 Å². The zero-order chi connectivity index (χ0) is 20.4. The molecule has 3 amide bonds. The average Bonchev–Trinajstić information content (AvgIpc) is 2.70. The molecule has 2 aromatic carbocycles. The van der Waals surface area contributed by atoms with E-state index in [4.69, 9.17) is 9.47 Å². The molecule has 0 heterocycles. The summed E-state index contributed by atoms with van der Waals surface area (Å²) in [5.74, 6) is -1.43. The van der Waals surface area contributed by atoms with Gasteiger partial charge in [0, 0.05) is 6.54 Å². The van der Waals surface area contributed by atoms with E-state index in [-0.39, 0.29) is 24.5 Å². The number of amides is 3. The molecule has 0 atom stereocenters. The van der Waals surface area contributed by atoms with Crippen LogP contribution < -0.4 is 15.4 Å². The van der Waals surface area contributed by atoms with Crippen molar-refractivity contribution in [1.82, 2.24) is 10.6 Å². The number of hydrogen-bond donors (Lipinski definition) is 2. The van der Waals surface area contributed by atoms with Gasteiger partial charge in [0.05, 0.1) is 5.56 Å². The maximum Gasteiger partial charge on any atom is 0.338 e. The molecule has 0 saturated carbocycles. The molecule has 0 bridgehead atoms. The Balaban J connectivity index is 1.84. The van der Waals surface area contributed by atoms with E-state index in [1.54, 1.807) is 24.3 Å². The van der Waals surface area contributed by atoms with Crippen molar-refractivity contribution < 1.29 is 28.2 Å². The molecule has 0 aliphatic rings. The Bertz CT molecular complexity index is 852. The molecule has 0 aromatic heterocycles. The summed E-state index contributed by atoms with van der Waals surface area (Å²) in [6.45, 7) is 3.21.